The van der Waals surface area contributed by atoms with E-state index in [0.29, 0.717) is 40.9 Å². The van der Waals surface area contributed by atoms with E-state index in [1.54, 1.807) is 17.4 Å². The van der Waals surface area contributed by atoms with Crippen molar-refractivity contribution in [1.29, 1.82) is 0 Å². The predicted octanol–water partition coefficient (Wildman–Crippen LogP) is 4.41. The molecule has 26 heavy (non-hydrogen) atoms. The topological polar surface area (TPSA) is 77.2 Å². The number of methoxy groups -OCH3 is 1. The van der Waals surface area contributed by atoms with E-state index < -0.39 is 0 Å². The Balaban J connectivity index is 1.56. The zero-order chi connectivity index (χ0) is 18.5. The van der Waals surface area contributed by atoms with Crippen LogP contribution in [-0.4, -0.2) is 24.5 Å². The number of nitrogens with one attached hydrogen (secondary N) is 1. The number of carbonyl (C=O) groups excluding carboxylic acids is 1. The van der Waals surface area contributed by atoms with Gasteiger partial charge in [0.05, 0.1) is 34.1 Å². The van der Waals surface area contributed by atoms with Gasteiger partial charge < -0.3 is 15.8 Å². The van der Waals surface area contributed by atoms with Crippen molar-refractivity contribution in [3.8, 4) is 5.75 Å². The fourth-order valence-electron chi connectivity index (χ4n) is 3.32. The first-order chi connectivity index (χ1) is 12.6. The van der Waals surface area contributed by atoms with Crippen molar-refractivity contribution in [1.82, 2.24) is 10.3 Å². The number of ether oxygens (including phenoxy) is 1. The van der Waals surface area contributed by atoms with Gasteiger partial charge in [-0.05, 0) is 18.9 Å². The first-order valence-electron chi connectivity index (χ1n) is 8.94. The highest BCUT2D eigenvalue weighted by Crippen LogP contribution is 2.33. The Morgan fingerprint density at radius 1 is 1.38 bits per heavy atom. The molecule has 0 unspecified atom stereocenters. The van der Waals surface area contributed by atoms with Crippen LogP contribution in [0.1, 0.15) is 59.1 Å². The summed E-state index contributed by atoms with van der Waals surface area (Å²) in [6.07, 6.45) is 7.17. The van der Waals surface area contributed by atoms with Crippen molar-refractivity contribution in [2.24, 2.45) is 0 Å². The Morgan fingerprint density at radius 3 is 2.88 bits per heavy atom. The minimum atomic E-state index is -0.229. The molecule has 1 saturated carbocycles. The van der Waals surface area contributed by atoms with Crippen molar-refractivity contribution >= 4 is 34.5 Å². The van der Waals surface area contributed by atoms with Crippen LogP contribution in [0.3, 0.4) is 0 Å². The SMILES string of the molecule is COc1cc(N)c(Cl)cc1C(=O)NCCc1nc(C2CCCCC2)cs1. The van der Waals surface area contributed by atoms with Crippen molar-refractivity contribution in [2.45, 2.75) is 44.4 Å². The summed E-state index contributed by atoms with van der Waals surface area (Å²) in [5.74, 6) is 0.801. The van der Waals surface area contributed by atoms with Crippen LogP contribution in [0, 0.1) is 0 Å². The molecule has 7 heteroatoms. The van der Waals surface area contributed by atoms with Gasteiger partial charge in [0, 0.05) is 30.3 Å². The Labute approximate surface area is 162 Å². The first-order valence-corrected chi connectivity index (χ1v) is 10.2. The molecule has 1 aromatic heterocycles. The number of nitrogens with zero attached hydrogens (tertiary/aromatic N) is 1. The summed E-state index contributed by atoms with van der Waals surface area (Å²) in [5.41, 5.74) is 7.75. The number of hydrogen-bond acceptors (Lipinski definition) is 5. The second-order valence-corrected chi connectivity index (χ2v) is 7.93. The van der Waals surface area contributed by atoms with E-state index in [2.05, 4.69) is 10.7 Å². The molecule has 0 atom stereocenters. The Kier molecular flexibility index (Phi) is 6.38. The zero-order valence-corrected chi connectivity index (χ0v) is 16.5. The summed E-state index contributed by atoms with van der Waals surface area (Å²) < 4.78 is 5.23. The summed E-state index contributed by atoms with van der Waals surface area (Å²) in [7, 11) is 1.50. The van der Waals surface area contributed by atoms with Gasteiger partial charge in [-0.3, -0.25) is 4.79 Å². The zero-order valence-electron chi connectivity index (χ0n) is 14.9. The van der Waals surface area contributed by atoms with Crippen LogP contribution in [0.4, 0.5) is 5.69 Å². The summed E-state index contributed by atoms with van der Waals surface area (Å²) in [4.78, 5) is 17.2. The fraction of sp³-hybridized carbons (Fsp3) is 0.474. The predicted molar refractivity (Wildman–Crippen MR) is 106 cm³/mol. The molecule has 0 aliphatic heterocycles. The van der Waals surface area contributed by atoms with Crippen LogP contribution in [-0.2, 0) is 6.42 Å². The molecule has 5 nitrogen and oxygen atoms in total. The maximum Gasteiger partial charge on any atom is 0.255 e. The normalized spacial score (nSPS) is 15.0. The lowest BCUT2D eigenvalue weighted by atomic mass is 9.87. The van der Waals surface area contributed by atoms with Gasteiger partial charge in [-0.15, -0.1) is 11.3 Å². The van der Waals surface area contributed by atoms with Crippen LogP contribution in [0.2, 0.25) is 5.02 Å². The lowest BCUT2D eigenvalue weighted by Crippen LogP contribution is -2.26. The summed E-state index contributed by atoms with van der Waals surface area (Å²) >= 11 is 7.70. The van der Waals surface area contributed by atoms with E-state index in [1.165, 1.54) is 51.0 Å². The summed E-state index contributed by atoms with van der Waals surface area (Å²) in [6, 6.07) is 3.10. The number of aromatic nitrogens is 1. The number of carbonyl (C=O) groups is 1. The average Bonchev–Trinajstić information content (AvgIpc) is 3.13. The largest absolute Gasteiger partial charge is 0.496 e. The molecule has 2 aromatic rings. The van der Waals surface area contributed by atoms with Crippen LogP contribution >= 0.6 is 22.9 Å². The Bertz CT molecular complexity index is 772. The van der Waals surface area contributed by atoms with Crippen molar-refractivity contribution < 1.29 is 9.53 Å². The quantitative estimate of drug-likeness (QED) is 0.712. The molecule has 1 aliphatic rings. The first kappa shape index (κ1) is 19.0. The molecule has 1 aliphatic carbocycles. The number of halogens is 1. The average molecular weight is 394 g/mol. The fourth-order valence-corrected chi connectivity index (χ4v) is 4.36. The van der Waals surface area contributed by atoms with Crippen LogP contribution in [0.5, 0.6) is 5.75 Å². The van der Waals surface area contributed by atoms with Gasteiger partial charge in [0.2, 0.25) is 0 Å². The lowest BCUT2D eigenvalue weighted by molar-refractivity contribution is 0.0951. The molecule has 0 radical (unpaired) electrons. The number of anilines is 1. The Morgan fingerprint density at radius 2 is 2.15 bits per heavy atom. The number of rotatable bonds is 6. The second-order valence-electron chi connectivity index (χ2n) is 6.58. The third kappa shape index (κ3) is 4.48. The molecule has 1 amide bonds. The van der Waals surface area contributed by atoms with Gasteiger partial charge in [0.25, 0.3) is 5.91 Å². The molecule has 0 bridgehead atoms. The van der Waals surface area contributed by atoms with E-state index in [0.717, 1.165) is 5.01 Å². The highest BCUT2D eigenvalue weighted by atomic mass is 35.5. The van der Waals surface area contributed by atoms with E-state index in [1.807, 2.05) is 0 Å². The number of hydrogen-bond donors (Lipinski definition) is 2. The molecule has 3 N–H and O–H groups in total. The maximum absolute atomic E-state index is 12.4. The van der Waals surface area contributed by atoms with Gasteiger partial charge >= 0.3 is 0 Å². The molecule has 3 rings (SSSR count). The van der Waals surface area contributed by atoms with Gasteiger partial charge in [0.15, 0.2) is 0 Å². The molecule has 140 valence electrons. The van der Waals surface area contributed by atoms with E-state index in [-0.39, 0.29) is 5.91 Å². The van der Waals surface area contributed by atoms with E-state index in [9.17, 15) is 4.79 Å². The summed E-state index contributed by atoms with van der Waals surface area (Å²) in [5, 5.41) is 6.49. The molecular weight excluding hydrogens is 370 g/mol. The number of amides is 1. The van der Waals surface area contributed by atoms with Gasteiger partial charge in [-0.25, -0.2) is 4.98 Å². The summed E-state index contributed by atoms with van der Waals surface area (Å²) in [6.45, 7) is 0.515. The number of nitrogens with two attached hydrogens (primary N) is 1. The van der Waals surface area contributed by atoms with E-state index >= 15 is 0 Å². The van der Waals surface area contributed by atoms with Crippen molar-refractivity contribution in [3.05, 3.63) is 38.8 Å². The lowest BCUT2D eigenvalue weighted by Gasteiger charge is -2.19. The highest BCUT2D eigenvalue weighted by molar-refractivity contribution is 7.09. The van der Waals surface area contributed by atoms with Crippen molar-refractivity contribution in [3.63, 3.8) is 0 Å². The second kappa shape index (κ2) is 8.73. The molecular formula is C19H24ClN3O2S. The monoisotopic (exact) mass is 393 g/mol. The number of thiazole rings is 1. The van der Waals surface area contributed by atoms with Crippen molar-refractivity contribution in [2.75, 3.05) is 19.4 Å². The molecule has 0 spiro atoms. The number of nitrogen functional groups attached to an aromatic ring is 1. The van der Waals surface area contributed by atoms with Gasteiger partial charge in [-0.1, -0.05) is 30.9 Å². The van der Waals surface area contributed by atoms with Crippen LogP contribution < -0.4 is 15.8 Å². The third-order valence-electron chi connectivity index (χ3n) is 4.78. The molecule has 0 saturated heterocycles. The molecule has 1 fully saturated rings. The highest BCUT2D eigenvalue weighted by Gasteiger charge is 2.18. The minimum Gasteiger partial charge on any atom is -0.496 e. The molecule has 1 heterocycles. The van der Waals surface area contributed by atoms with Gasteiger partial charge in [-0.2, -0.15) is 0 Å². The Hall–Kier alpha value is -1.79. The smallest absolute Gasteiger partial charge is 0.255 e. The third-order valence-corrected chi connectivity index (χ3v) is 6.03. The van der Waals surface area contributed by atoms with E-state index in [4.69, 9.17) is 27.1 Å². The molecule has 1 aromatic carbocycles. The van der Waals surface area contributed by atoms with Crippen LogP contribution in [0.25, 0.3) is 0 Å². The number of benzene rings is 1. The minimum absolute atomic E-state index is 0.229. The standard InChI is InChI=1S/C19H24ClN3O2S/c1-25-17-10-15(21)14(20)9-13(17)19(24)22-8-7-18-23-16(11-26-18)12-5-3-2-4-6-12/h9-12H,2-8,21H2,1H3,(H,22,24). The maximum atomic E-state index is 12.4. The van der Waals surface area contributed by atoms with Crippen LogP contribution in [0.15, 0.2) is 17.5 Å². The van der Waals surface area contributed by atoms with Gasteiger partial charge in [0.1, 0.15) is 5.75 Å².